The number of hydrogen-bond acceptors (Lipinski definition) is 2. The number of nitrogens with zero attached hydrogens (tertiary/aromatic N) is 2. The fourth-order valence-electron chi connectivity index (χ4n) is 0.612. The monoisotopic (exact) mass is 201 g/mol. The van der Waals surface area contributed by atoms with Crippen molar-refractivity contribution in [2.75, 3.05) is 0 Å². The van der Waals surface area contributed by atoms with E-state index < -0.39 is 17.6 Å². The quantitative estimate of drug-likeness (QED) is 0.661. The van der Waals surface area contributed by atoms with Crippen LogP contribution in [0.4, 0.5) is 13.2 Å². The third-order valence-corrected chi connectivity index (χ3v) is 1.21. The summed E-state index contributed by atoms with van der Waals surface area (Å²) < 4.78 is 35.7. The molecule has 0 aromatic carbocycles. The number of nitrogens with one attached hydrogen (secondary N) is 1. The highest BCUT2D eigenvalue weighted by molar-refractivity contribution is 4.98. The van der Waals surface area contributed by atoms with Gasteiger partial charge in [0.1, 0.15) is 0 Å². The van der Waals surface area contributed by atoms with Crippen molar-refractivity contribution in [1.29, 1.82) is 0 Å². The minimum atomic E-state index is -1.53. The Balaban J connectivity index is 0.000000165. The van der Waals surface area contributed by atoms with Gasteiger partial charge in [0, 0.05) is 18.6 Å². The normalized spacial score (nSPS) is 9.07. The van der Waals surface area contributed by atoms with E-state index in [2.05, 4.69) is 15.2 Å². The average molecular weight is 201 g/mol. The SMILES string of the molecule is Fc1ccnc(F)c1F.c1cn[nH]c1. The van der Waals surface area contributed by atoms with Crippen molar-refractivity contribution >= 4 is 0 Å². The molecule has 0 unspecified atom stereocenters. The van der Waals surface area contributed by atoms with Gasteiger partial charge in [-0.3, -0.25) is 5.10 Å². The van der Waals surface area contributed by atoms with Crippen molar-refractivity contribution in [3.63, 3.8) is 0 Å². The molecule has 0 saturated heterocycles. The van der Waals surface area contributed by atoms with Gasteiger partial charge in [0.05, 0.1) is 0 Å². The van der Waals surface area contributed by atoms with Crippen LogP contribution in [0.5, 0.6) is 0 Å². The van der Waals surface area contributed by atoms with Gasteiger partial charge in [0.25, 0.3) is 5.95 Å². The summed E-state index contributed by atoms with van der Waals surface area (Å²) in [6.45, 7) is 0. The summed E-state index contributed by atoms with van der Waals surface area (Å²) in [7, 11) is 0. The molecular weight excluding hydrogens is 195 g/mol. The topological polar surface area (TPSA) is 41.6 Å². The average Bonchev–Trinajstić information content (AvgIpc) is 2.72. The van der Waals surface area contributed by atoms with Crippen molar-refractivity contribution in [2.24, 2.45) is 0 Å². The van der Waals surface area contributed by atoms with Gasteiger partial charge in [0.2, 0.25) is 5.82 Å². The predicted molar refractivity (Wildman–Crippen MR) is 42.7 cm³/mol. The van der Waals surface area contributed by atoms with Crippen molar-refractivity contribution in [3.8, 4) is 0 Å². The zero-order valence-electron chi connectivity index (χ0n) is 6.92. The van der Waals surface area contributed by atoms with Crippen LogP contribution < -0.4 is 0 Å². The molecule has 0 aliphatic rings. The first-order chi connectivity index (χ1) is 6.72. The van der Waals surface area contributed by atoms with Crippen molar-refractivity contribution in [2.45, 2.75) is 0 Å². The Morgan fingerprint density at radius 1 is 1.14 bits per heavy atom. The lowest BCUT2D eigenvalue weighted by Gasteiger charge is -1.89. The Labute approximate surface area is 77.6 Å². The van der Waals surface area contributed by atoms with Crippen molar-refractivity contribution < 1.29 is 13.2 Å². The molecule has 0 radical (unpaired) electrons. The Morgan fingerprint density at radius 2 is 1.93 bits per heavy atom. The van der Waals surface area contributed by atoms with Crippen molar-refractivity contribution in [3.05, 3.63) is 48.3 Å². The van der Waals surface area contributed by atoms with Crippen LogP contribution in [0.15, 0.2) is 30.7 Å². The van der Waals surface area contributed by atoms with E-state index in [0.717, 1.165) is 12.3 Å². The molecule has 0 atom stereocenters. The van der Waals surface area contributed by atoms with E-state index in [1.165, 1.54) is 0 Å². The van der Waals surface area contributed by atoms with Crippen LogP contribution in [0, 0.1) is 17.6 Å². The second kappa shape index (κ2) is 5.00. The zero-order chi connectivity index (χ0) is 10.4. The molecule has 0 fully saturated rings. The van der Waals surface area contributed by atoms with Gasteiger partial charge >= 0.3 is 0 Å². The maximum absolute atomic E-state index is 11.9. The molecule has 0 saturated carbocycles. The molecule has 0 bridgehead atoms. The van der Waals surface area contributed by atoms with Crippen LogP contribution in [-0.2, 0) is 0 Å². The van der Waals surface area contributed by atoms with Crippen LogP contribution in [0.2, 0.25) is 0 Å². The lowest BCUT2D eigenvalue weighted by atomic mass is 10.4. The molecule has 74 valence electrons. The van der Waals surface area contributed by atoms with Gasteiger partial charge in [-0.05, 0) is 12.1 Å². The summed E-state index contributed by atoms with van der Waals surface area (Å²) in [5, 5.41) is 6.21. The first-order valence-corrected chi connectivity index (χ1v) is 3.61. The molecule has 2 aromatic rings. The summed E-state index contributed by atoms with van der Waals surface area (Å²) in [5.41, 5.74) is 0. The Bertz CT molecular complexity index is 338. The summed E-state index contributed by atoms with van der Waals surface area (Å²) in [4.78, 5) is 2.86. The highest BCUT2D eigenvalue weighted by atomic mass is 19.2. The highest BCUT2D eigenvalue weighted by Crippen LogP contribution is 2.04. The highest BCUT2D eigenvalue weighted by Gasteiger charge is 2.06. The number of rotatable bonds is 0. The van der Waals surface area contributed by atoms with E-state index in [-0.39, 0.29) is 0 Å². The fraction of sp³-hybridized carbons (Fsp3) is 0. The maximum Gasteiger partial charge on any atom is 0.251 e. The number of pyridine rings is 1. The zero-order valence-corrected chi connectivity index (χ0v) is 6.92. The molecule has 0 aliphatic carbocycles. The third-order valence-electron chi connectivity index (χ3n) is 1.21. The molecule has 2 rings (SSSR count). The molecule has 14 heavy (non-hydrogen) atoms. The minimum absolute atomic E-state index is 0.748. The van der Waals surface area contributed by atoms with E-state index in [1.54, 1.807) is 12.4 Å². The lowest BCUT2D eigenvalue weighted by Crippen LogP contribution is -1.91. The molecule has 0 aliphatic heterocycles. The van der Waals surface area contributed by atoms with Gasteiger partial charge in [0.15, 0.2) is 5.82 Å². The smallest absolute Gasteiger partial charge is 0.251 e. The van der Waals surface area contributed by atoms with E-state index in [9.17, 15) is 13.2 Å². The molecular formula is C8H6F3N3. The second-order valence-corrected chi connectivity index (χ2v) is 2.16. The van der Waals surface area contributed by atoms with Gasteiger partial charge in [-0.2, -0.15) is 13.9 Å². The van der Waals surface area contributed by atoms with Gasteiger partial charge in [-0.25, -0.2) is 9.37 Å². The van der Waals surface area contributed by atoms with Crippen LogP contribution in [0.1, 0.15) is 0 Å². The number of hydrogen-bond donors (Lipinski definition) is 1. The van der Waals surface area contributed by atoms with E-state index in [1.807, 2.05) is 6.07 Å². The summed E-state index contributed by atoms with van der Waals surface area (Å²) >= 11 is 0. The molecule has 1 N–H and O–H groups in total. The summed E-state index contributed by atoms with van der Waals surface area (Å²) in [6, 6.07) is 2.58. The van der Waals surface area contributed by atoms with Gasteiger partial charge in [-0.1, -0.05) is 0 Å². The number of H-pyrrole nitrogens is 1. The number of aromatic amines is 1. The van der Waals surface area contributed by atoms with Gasteiger partial charge < -0.3 is 0 Å². The van der Waals surface area contributed by atoms with Gasteiger partial charge in [-0.15, -0.1) is 0 Å². The number of aromatic nitrogens is 3. The Kier molecular flexibility index (Phi) is 3.66. The largest absolute Gasteiger partial charge is 0.286 e. The number of halogens is 3. The first kappa shape index (κ1) is 10.2. The Hall–Kier alpha value is -1.85. The molecule has 0 spiro atoms. The van der Waals surface area contributed by atoms with Crippen LogP contribution in [0.25, 0.3) is 0 Å². The third kappa shape index (κ3) is 2.89. The first-order valence-electron chi connectivity index (χ1n) is 3.61. The second-order valence-electron chi connectivity index (χ2n) is 2.16. The van der Waals surface area contributed by atoms with E-state index in [0.29, 0.717) is 0 Å². The van der Waals surface area contributed by atoms with Crippen LogP contribution >= 0.6 is 0 Å². The summed E-state index contributed by atoms with van der Waals surface area (Å²) in [5.74, 6) is -4.16. The minimum Gasteiger partial charge on any atom is -0.286 e. The lowest BCUT2D eigenvalue weighted by molar-refractivity contribution is 0.427. The fourth-order valence-corrected chi connectivity index (χ4v) is 0.612. The molecule has 2 heterocycles. The van der Waals surface area contributed by atoms with E-state index >= 15 is 0 Å². The standard InChI is InChI=1S/C5H2F3N.C3H4N2/c6-3-1-2-9-5(8)4(3)7;1-2-4-5-3-1/h1-2H;1-3H,(H,4,5). The van der Waals surface area contributed by atoms with Crippen molar-refractivity contribution in [1.82, 2.24) is 15.2 Å². The molecule has 6 heteroatoms. The molecule has 2 aromatic heterocycles. The summed E-state index contributed by atoms with van der Waals surface area (Å²) in [6.07, 6.45) is 4.31. The molecule has 0 amide bonds. The molecule has 3 nitrogen and oxygen atoms in total. The predicted octanol–water partition coefficient (Wildman–Crippen LogP) is 1.91. The van der Waals surface area contributed by atoms with Crippen LogP contribution in [-0.4, -0.2) is 15.2 Å². The maximum atomic E-state index is 11.9. The van der Waals surface area contributed by atoms with E-state index in [4.69, 9.17) is 0 Å². The van der Waals surface area contributed by atoms with Crippen LogP contribution in [0.3, 0.4) is 0 Å². The Morgan fingerprint density at radius 3 is 2.29 bits per heavy atom.